The maximum Gasteiger partial charge on any atom is 0.303 e. The molecule has 1 fully saturated rings. The second-order valence-electron chi connectivity index (χ2n) is 4.60. The van der Waals surface area contributed by atoms with Crippen LogP contribution in [0.15, 0.2) is 30.3 Å². The zero-order valence-corrected chi connectivity index (χ0v) is 10.2. The molecule has 4 nitrogen and oxygen atoms in total. The highest BCUT2D eigenvalue weighted by Crippen LogP contribution is 2.26. The number of carbonyl (C=O) groups excluding carboxylic acids is 1. The molecule has 0 radical (unpaired) electrons. The molecule has 4 heteroatoms. The number of para-hydroxylation sites is 1. The first-order valence-electron chi connectivity index (χ1n) is 6.26. The third-order valence-electron chi connectivity index (χ3n) is 3.32. The second-order valence-corrected chi connectivity index (χ2v) is 4.60. The Morgan fingerprint density at radius 2 is 2.06 bits per heavy atom. The van der Waals surface area contributed by atoms with Crippen LogP contribution in [-0.4, -0.2) is 23.5 Å². The Hall–Kier alpha value is -1.84. The number of hydrogen-bond donors (Lipinski definition) is 1. The van der Waals surface area contributed by atoms with Gasteiger partial charge >= 0.3 is 5.97 Å². The average Bonchev–Trinajstić information content (AvgIpc) is 2.38. The number of carboxylic acid groups (broad SMARTS) is 1. The lowest BCUT2D eigenvalue weighted by atomic mass is 9.92. The Kier molecular flexibility index (Phi) is 3.97. The highest BCUT2D eigenvalue weighted by Gasteiger charge is 2.29. The molecule has 2 rings (SSSR count). The summed E-state index contributed by atoms with van der Waals surface area (Å²) in [6.45, 7) is 0.729. The zero-order chi connectivity index (χ0) is 13.0. The third kappa shape index (κ3) is 2.88. The van der Waals surface area contributed by atoms with Gasteiger partial charge in [-0.15, -0.1) is 0 Å². The quantitative estimate of drug-likeness (QED) is 0.888. The highest BCUT2D eigenvalue weighted by atomic mass is 16.4. The van der Waals surface area contributed by atoms with Crippen LogP contribution in [0.25, 0.3) is 0 Å². The normalized spacial score (nSPS) is 19.9. The van der Waals surface area contributed by atoms with Crippen LogP contribution in [0.5, 0.6) is 0 Å². The van der Waals surface area contributed by atoms with Crippen LogP contribution in [0.2, 0.25) is 0 Å². The van der Waals surface area contributed by atoms with Crippen molar-refractivity contribution in [2.45, 2.75) is 25.7 Å². The first-order valence-corrected chi connectivity index (χ1v) is 6.26. The molecule has 0 aliphatic carbocycles. The van der Waals surface area contributed by atoms with Crippen LogP contribution in [0.4, 0.5) is 5.69 Å². The molecule has 1 aliphatic heterocycles. The molecule has 1 unspecified atom stereocenters. The standard InChI is InChI=1S/C14H17NO3/c16-13(17)9-8-11-5-4-10-15(14(11)18)12-6-2-1-3-7-12/h1-3,6-7,11H,4-5,8-10H2,(H,16,17). The van der Waals surface area contributed by atoms with Crippen molar-refractivity contribution in [2.75, 3.05) is 11.4 Å². The molecule has 1 aliphatic rings. The molecular weight excluding hydrogens is 230 g/mol. The maximum atomic E-state index is 12.3. The fourth-order valence-electron chi connectivity index (χ4n) is 2.38. The zero-order valence-electron chi connectivity index (χ0n) is 10.2. The minimum atomic E-state index is -0.834. The van der Waals surface area contributed by atoms with Crippen LogP contribution >= 0.6 is 0 Å². The van der Waals surface area contributed by atoms with Crippen molar-refractivity contribution in [3.63, 3.8) is 0 Å². The van der Waals surface area contributed by atoms with E-state index in [1.165, 1.54) is 0 Å². The predicted molar refractivity (Wildman–Crippen MR) is 68.4 cm³/mol. The molecule has 1 amide bonds. The molecule has 0 saturated carbocycles. The average molecular weight is 247 g/mol. The van der Waals surface area contributed by atoms with Gasteiger partial charge in [0.25, 0.3) is 0 Å². The summed E-state index contributed by atoms with van der Waals surface area (Å²) in [6.07, 6.45) is 2.25. The third-order valence-corrected chi connectivity index (χ3v) is 3.32. The van der Waals surface area contributed by atoms with Gasteiger partial charge in [0.15, 0.2) is 0 Å². The molecule has 0 aromatic heterocycles. The fourth-order valence-corrected chi connectivity index (χ4v) is 2.38. The van der Waals surface area contributed by atoms with Gasteiger partial charge in [-0.1, -0.05) is 18.2 Å². The SMILES string of the molecule is O=C(O)CCC1CCCN(c2ccccc2)C1=O. The van der Waals surface area contributed by atoms with Gasteiger partial charge in [-0.3, -0.25) is 9.59 Å². The summed E-state index contributed by atoms with van der Waals surface area (Å²) in [4.78, 5) is 24.6. The molecule has 1 atom stereocenters. The molecule has 96 valence electrons. The minimum absolute atomic E-state index is 0.0636. The summed E-state index contributed by atoms with van der Waals surface area (Å²) >= 11 is 0. The number of carboxylic acids is 1. The van der Waals surface area contributed by atoms with E-state index >= 15 is 0 Å². The molecule has 18 heavy (non-hydrogen) atoms. The molecule has 1 aromatic carbocycles. The van der Waals surface area contributed by atoms with Crippen molar-refractivity contribution in [1.29, 1.82) is 0 Å². The Morgan fingerprint density at radius 3 is 2.72 bits per heavy atom. The van der Waals surface area contributed by atoms with E-state index in [1.54, 1.807) is 4.90 Å². The second kappa shape index (κ2) is 5.67. The van der Waals surface area contributed by atoms with E-state index in [-0.39, 0.29) is 18.2 Å². The van der Waals surface area contributed by atoms with Crippen molar-refractivity contribution in [2.24, 2.45) is 5.92 Å². The van der Waals surface area contributed by atoms with Gasteiger partial charge in [0.1, 0.15) is 0 Å². The van der Waals surface area contributed by atoms with Crippen molar-refractivity contribution in [1.82, 2.24) is 0 Å². The van der Waals surface area contributed by atoms with Gasteiger partial charge in [0, 0.05) is 24.6 Å². The minimum Gasteiger partial charge on any atom is -0.481 e. The van der Waals surface area contributed by atoms with Gasteiger partial charge < -0.3 is 10.0 Å². The Labute approximate surface area is 106 Å². The molecule has 1 N–H and O–H groups in total. The molecule has 1 heterocycles. The van der Waals surface area contributed by atoms with E-state index < -0.39 is 5.97 Å². The van der Waals surface area contributed by atoms with Crippen LogP contribution in [-0.2, 0) is 9.59 Å². The van der Waals surface area contributed by atoms with Crippen LogP contribution in [0, 0.1) is 5.92 Å². The molecule has 0 bridgehead atoms. The van der Waals surface area contributed by atoms with E-state index in [0.717, 1.165) is 25.1 Å². The largest absolute Gasteiger partial charge is 0.481 e. The van der Waals surface area contributed by atoms with Crippen LogP contribution in [0.3, 0.4) is 0 Å². The number of amides is 1. The molecule has 1 saturated heterocycles. The number of hydrogen-bond acceptors (Lipinski definition) is 2. The molecule has 1 aromatic rings. The summed E-state index contributed by atoms with van der Waals surface area (Å²) in [5, 5.41) is 8.69. The lowest BCUT2D eigenvalue weighted by Crippen LogP contribution is -2.41. The summed E-state index contributed by atoms with van der Waals surface area (Å²) in [5.41, 5.74) is 0.905. The summed E-state index contributed by atoms with van der Waals surface area (Å²) in [5.74, 6) is -0.914. The Bertz CT molecular complexity index is 430. The number of aliphatic carboxylic acids is 1. The van der Waals surface area contributed by atoms with Crippen molar-refractivity contribution in [3.8, 4) is 0 Å². The molecule has 0 spiro atoms. The van der Waals surface area contributed by atoms with Gasteiger partial charge in [-0.05, 0) is 31.4 Å². The number of nitrogens with zero attached hydrogens (tertiary/aromatic N) is 1. The number of anilines is 1. The van der Waals surface area contributed by atoms with E-state index in [4.69, 9.17) is 5.11 Å². The van der Waals surface area contributed by atoms with Gasteiger partial charge in [-0.2, -0.15) is 0 Å². The van der Waals surface area contributed by atoms with E-state index in [0.29, 0.717) is 6.42 Å². The van der Waals surface area contributed by atoms with E-state index in [9.17, 15) is 9.59 Å². The summed E-state index contributed by atoms with van der Waals surface area (Å²) in [6, 6.07) is 9.56. The lowest BCUT2D eigenvalue weighted by molar-refractivity contribution is -0.137. The first-order chi connectivity index (χ1) is 8.68. The van der Waals surface area contributed by atoms with Crippen LogP contribution in [0.1, 0.15) is 25.7 Å². The number of benzene rings is 1. The van der Waals surface area contributed by atoms with Crippen molar-refractivity contribution in [3.05, 3.63) is 30.3 Å². The Morgan fingerprint density at radius 1 is 1.33 bits per heavy atom. The smallest absolute Gasteiger partial charge is 0.303 e. The van der Waals surface area contributed by atoms with Crippen molar-refractivity contribution < 1.29 is 14.7 Å². The Balaban J connectivity index is 2.05. The monoisotopic (exact) mass is 247 g/mol. The first kappa shape index (κ1) is 12.6. The van der Waals surface area contributed by atoms with Gasteiger partial charge in [0.2, 0.25) is 5.91 Å². The topological polar surface area (TPSA) is 57.6 Å². The number of rotatable bonds is 4. The van der Waals surface area contributed by atoms with E-state index in [1.807, 2.05) is 30.3 Å². The van der Waals surface area contributed by atoms with Crippen molar-refractivity contribution >= 4 is 17.6 Å². The van der Waals surface area contributed by atoms with Gasteiger partial charge in [-0.25, -0.2) is 0 Å². The van der Waals surface area contributed by atoms with E-state index in [2.05, 4.69) is 0 Å². The predicted octanol–water partition coefficient (Wildman–Crippen LogP) is 2.29. The molecular formula is C14H17NO3. The number of carbonyl (C=O) groups is 2. The van der Waals surface area contributed by atoms with Crippen LogP contribution < -0.4 is 4.90 Å². The van der Waals surface area contributed by atoms with Gasteiger partial charge in [0.05, 0.1) is 0 Å². The summed E-state index contributed by atoms with van der Waals surface area (Å²) < 4.78 is 0. The highest BCUT2D eigenvalue weighted by molar-refractivity contribution is 5.95. The fraction of sp³-hybridized carbons (Fsp3) is 0.429. The summed E-state index contributed by atoms with van der Waals surface area (Å²) in [7, 11) is 0. The maximum absolute atomic E-state index is 12.3. The number of piperidine rings is 1. The lowest BCUT2D eigenvalue weighted by Gasteiger charge is -2.32.